The molecule has 0 aliphatic carbocycles. The second-order valence-electron chi connectivity index (χ2n) is 6.88. The van der Waals surface area contributed by atoms with Gasteiger partial charge in [0.2, 0.25) is 0 Å². The number of thiazole rings is 1. The zero-order valence-corrected chi connectivity index (χ0v) is 16.3. The quantitative estimate of drug-likeness (QED) is 0.591. The number of hydrogen-bond donors (Lipinski definition) is 0. The number of nitro groups is 1. The molecular weight excluding hydrogens is 366 g/mol. The highest BCUT2D eigenvalue weighted by Crippen LogP contribution is 2.19. The van der Waals surface area contributed by atoms with Crippen LogP contribution in [0.1, 0.15) is 33.3 Å². The average Bonchev–Trinajstić information content (AvgIpc) is 2.90. The van der Waals surface area contributed by atoms with Crippen molar-refractivity contribution in [3.05, 3.63) is 59.5 Å². The number of hydrogen-bond acceptors (Lipinski definition) is 6. The van der Waals surface area contributed by atoms with Gasteiger partial charge in [-0.15, -0.1) is 11.3 Å². The van der Waals surface area contributed by atoms with Crippen LogP contribution in [0.4, 0.5) is 5.69 Å². The minimum Gasteiger partial charge on any atom is -0.298 e. The van der Waals surface area contributed by atoms with E-state index < -0.39 is 10.3 Å². The molecule has 7 nitrogen and oxygen atoms in total. The van der Waals surface area contributed by atoms with Gasteiger partial charge in [0, 0.05) is 24.1 Å². The molecule has 140 valence electrons. The number of nitriles is 1. The van der Waals surface area contributed by atoms with Gasteiger partial charge in [-0.3, -0.25) is 24.3 Å². The first-order valence-corrected chi connectivity index (χ1v) is 9.06. The van der Waals surface area contributed by atoms with Crippen LogP contribution in [0.2, 0.25) is 0 Å². The summed E-state index contributed by atoms with van der Waals surface area (Å²) in [6, 6.07) is 7.75. The molecule has 1 heterocycles. The van der Waals surface area contributed by atoms with Crippen molar-refractivity contribution in [2.75, 3.05) is 0 Å². The van der Waals surface area contributed by atoms with E-state index in [1.165, 1.54) is 16.7 Å². The maximum absolute atomic E-state index is 12.7. The Labute approximate surface area is 159 Å². The molecule has 0 saturated carbocycles. The highest BCUT2D eigenvalue weighted by Gasteiger charge is 2.27. The Kier molecular flexibility index (Phi) is 5.76. The van der Waals surface area contributed by atoms with Gasteiger partial charge in [0.25, 0.3) is 11.2 Å². The molecule has 0 spiro atoms. The summed E-state index contributed by atoms with van der Waals surface area (Å²) in [4.78, 5) is 35.5. The van der Waals surface area contributed by atoms with E-state index in [0.717, 1.165) is 11.3 Å². The number of ketones is 1. The largest absolute Gasteiger partial charge is 0.298 e. The van der Waals surface area contributed by atoms with Gasteiger partial charge in [-0.2, -0.15) is 5.26 Å². The lowest BCUT2D eigenvalue weighted by Crippen LogP contribution is -2.33. The molecule has 2 rings (SSSR count). The summed E-state index contributed by atoms with van der Waals surface area (Å²) in [5.41, 5.74) is -0.498. The fourth-order valence-corrected chi connectivity index (χ4v) is 3.57. The van der Waals surface area contributed by atoms with Crippen molar-refractivity contribution in [3.8, 4) is 6.07 Å². The highest BCUT2D eigenvalue weighted by atomic mass is 32.1. The van der Waals surface area contributed by atoms with Crippen LogP contribution in [-0.4, -0.2) is 15.3 Å². The van der Waals surface area contributed by atoms with Crippen LogP contribution in [-0.2, 0) is 11.3 Å². The van der Waals surface area contributed by atoms with Crippen molar-refractivity contribution in [2.24, 2.45) is 5.41 Å². The van der Waals surface area contributed by atoms with E-state index in [1.54, 1.807) is 45.9 Å². The number of carbonyl (C=O) groups excluding carboxylic acids is 1. The van der Waals surface area contributed by atoms with E-state index in [2.05, 4.69) is 0 Å². The van der Waals surface area contributed by atoms with Gasteiger partial charge in [0.1, 0.15) is 16.3 Å². The SMILES string of the molecule is CCn1c(=O)/c(=C\c2ccc([N+](=O)[O-])cc2)s/c1=C(\C#N)C(=O)C(C)(C)C. The normalized spacial score (nSPS) is 13.2. The molecule has 1 aromatic carbocycles. The zero-order chi connectivity index (χ0) is 20.4. The number of nitro benzene ring substituents is 1. The van der Waals surface area contributed by atoms with Gasteiger partial charge in [0.15, 0.2) is 5.78 Å². The lowest BCUT2D eigenvalue weighted by Gasteiger charge is -2.15. The minimum atomic E-state index is -0.744. The average molecular weight is 385 g/mol. The summed E-state index contributed by atoms with van der Waals surface area (Å²) in [5, 5.41) is 20.3. The Morgan fingerprint density at radius 2 is 1.93 bits per heavy atom. The van der Waals surface area contributed by atoms with E-state index in [9.17, 15) is 25.0 Å². The van der Waals surface area contributed by atoms with E-state index in [-0.39, 0.29) is 22.6 Å². The molecule has 1 aromatic heterocycles. The summed E-state index contributed by atoms with van der Waals surface area (Å²) in [5.74, 6) is -0.324. The second-order valence-corrected chi connectivity index (χ2v) is 7.91. The Balaban J connectivity index is 2.74. The van der Waals surface area contributed by atoms with Crippen LogP contribution in [0, 0.1) is 26.9 Å². The van der Waals surface area contributed by atoms with E-state index in [0.29, 0.717) is 21.3 Å². The van der Waals surface area contributed by atoms with E-state index >= 15 is 0 Å². The number of aromatic nitrogens is 1. The van der Waals surface area contributed by atoms with Gasteiger partial charge >= 0.3 is 0 Å². The standard InChI is InChI=1S/C19H19N3O4S/c1-5-21-17(24)15(10-12-6-8-13(9-7-12)22(25)26)27-18(21)14(11-20)16(23)19(2,3)4/h6-10H,5H2,1-4H3/b15-10+,18-14+. The fraction of sp³-hybridized carbons (Fsp3) is 0.316. The Morgan fingerprint density at radius 1 is 1.33 bits per heavy atom. The molecule has 0 aliphatic rings. The molecule has 8 heteroatoms. The Bertz CT molecular complexity index is 1110. The van der Waals surface area contributed by atoms with Gasteiger partial charge in [0.05, 0.1) is 9.46 Å². The Hall–Kier alpha value is -3.05. The fourth-order valence-electron chi connectivity index (χ4n) is 2.41. The number of non-ortho nitro benzene ring substituents is 1. The van der Waals surface area contributed by atoms with Crippen LogP contribution in [0.15, 0.2) is 29.1 Å². The van der Waals surface area contributed by atoms with Crippen molar-refractivity contribution in [3.63, 3.8) is 0 Å². The topological polar surface area (TPSA) is 106 Å². The van der Waals surface area contributed by atoms with Crippen LogP contribution >= 0.6 is 11.3 Å². The Morgan fingerprint density at radius 3 is 2.37 bits per heavy atom. The molecule has 2 aromatic rings. The maximum Gasteiger partial charge on any atom is 0.269 e. The number of Topliss-reactive ketones (excluding diaryl/α,β-unsaturated/α-hetero) is 1. The number of nitrogens with zero attached hydrogens (tertiary/aromatic N) is 3. The van der Waals surface area contributed by atoms with Gasteiger partial charge < -0.3 is 0 Å². The minimum absolute atomic E-state index is 0.0326. The monoisotopic (exact) mass is 385 g/mol. The molecule has 0 amide bonds. The van der Waals surface area contributed by atoms with Crippen LogP contribution in [0.3, 0.4) is 0 Å². The summed E-state index contributed by atoms with van der Waals surface area (Å²) < 4.78 is 2.10. The lowest BCUT2D eigenvalue weighted by molar-refractivity contribution is -0.384. The second kappa shape index (κ2) is 7.68. The molecule has 0 bridgehead atoms. The molecule has 0 radical (unpaired) electrons. The van der Waals surface area contributed by atoms with Crippen molar-refractivity contribution in [1.29, 1.82) is 5.26 Å². The van der Waals surface area contributed by atoms with Crippen molar-refractivity contribution in [1.82, 2.24) is 4.57 Å². The van der Waals surface area contributed by atoms with Gasteiger partial charge in [-0.05, 0) is 30.7 Å². The number of rotatable bonds is 4. The van der Waals surface area contributed by atoms with Gasteiger partial charge in [-0.1, -0.05) is 20.8 Å². The number of carbonyl (C=O) groups is 1. The molecular formula is C19H19N3O4S. The first kappa shape index (κ1) is 20.3. The highest BCUT2D eigenvalue weighted by molar-refractivity contribution is 7.07. The molecule has 0 unspecified atom stereocenters. The third kappa shape index (κ3) is 4.20. The first-order chi connectivity index (χ1) is 12.6. The molecule has 0 fully saturated rings. The molecule has 27 heavy (non-hydrogen) atoms. The third-order valence-electron chi connectivity index (χ3n) is 3.86. The number of benzene rings is 1. The van der Waals surface area contributed by atoms with Crippen molar-refractivity contribution < 1.29 is 9.72 Å². The summed E-state index contributed by atoms with van der Waals surface area (Å²) >= 11 is 1.07. The summed E-state index contributed by atoms with van der Waals surface area (Å²) in [6.45, 7) is 7.25. The predicted octanol–water partition coefficient (Wildman–Crippen LogP) is 1.96. The molecule has 0 atom stereocenters. The van der Waals surface area contributed by atoms with Crippen LogP contribution in [0.5, 0.6) is 0 Å². The smallest absolute Gasteiger partial charge is 0.269 e. The molecule has 0 aliphatic heterocycles. The summed E-state index contributed by atoms with van der Waals surface area (Å²) in [7, 11) is 0. The van der Waals surface area contributed by atoms with Gasteiger partial charge in [-0.25, -0.2) is 0 Å². The molecule has 0 N–H and O–H groups in total. The predicted molar refractivity (Wildman–Crippen MR) is 104 cm³/mol. The molecule has 0 saturated heterocycles. The van der Waals surface area contributed by atoms with Crippen LogP contribution < -0.4 is 14.8 Å². The van der Waals surface area contributed by atoms with Crippen molar-refractivity contribution >= 4 is 34.5 Å². The zero-order valence-electron chi connectivity index (χ0n) is 15.5. The van der Waals surface area contributed by atoms with E-state index in [4.69, 9.17) is 0 Å². The van der Waals surface area contributed by atoms with E-state index in [1.807, 2.05) is 6.07 Å². The summed E-state index contributed by atoms with van der Waals surface area (Å²) in [6.07, 6.45) is 1.60. The van der Waals surface area contributed by atoms with Crippen molar-refractivity contribution in [2.45, 2.75) is 34.2 Å². The lowest BCUT2D eigenvalue weighted by atomic mass is 9.87. The third-order valence-corrected chi connectivity index (χ3v) is 4.99. The first-order valence-electron chi connectivity index (χ1n) is 8.25. The van der Waals surface area contributed by atoms with Crippen LogP contribution in [0.25, 0.3) is 11.6 Å². The maximum atomic E-state index is 12.7.